The van der Waals surface area contributed by atoms with Gasteiger partial charge >= 0.3 is 5.97 Å². The molecule has 9 heteroatoms. The molecule has 0 fully saturated rings. The van der Waals surface area contributed by atoms with Crippen molar-refractivity contribution in [3.8, 4) is 0 Å². The lowest BCUT2D eigenvalue weighted by Gasteiger charge is -2.28. The van der Waals surface area contributed by atoms with Crippen molar-refractivity contribution in [3.63, 3.8) is 0 Å². The first-order valence-corrected chi connectivity index (χ1v) is 8.95. The molecule has 0 aliphatic heterocycles. The number of aliphatic hydroxyl groups is 1. The minimum Gasteiger partial charge on any atom is -0.461 e. The van der Waals surface area contributed by atoms with Gasteiger partial charge in [0.15, 0.2) is 6.10 Å². The van der Waals surface area contributed by atoms with E-state index in [1.54, 1.807) is 13.8 Å². The van der Waals surface area contributed by atoms with Crippen LogP contribution in [-0.4, -0.2) is 56.5 Å². The molecule has 0 aliphatic carbocycles. The van der Waals surface area contributed by atoms with Crippen molar-refractivity contribution < 1.29 is 32.0 Å². The molecule has 23 heavy (non-hydrogen) atoms. The van der Waals surface area contributed by atoms with E-state index in [9.17, 15) is 23.1 Å². The second kappa shape index (κ2) is 9.19. The van der Waals surface area contributed by atoms with E-state index in [0.29, 0.717) is 0 Å². The molecule has 0 rings (SSSR count). The molecular formula is C14H27NO7S. The van der Waals surface area contributed by atoms with Crippen LogP contribution in [0.15, 0.2) is 0 Å². The van der Waals surface area contributed by atoms with Crippen molar-refractivity contribution in [2.24, 2.45) is 5.41 Å². The van der Waals surface area contributed by atoms with E-state index in [2.05, 4.69) is 5.32 Å². The van der Waals surface area contributed by atoms with Gasteiger partial charge in [0, 0.05) is 18.9 Å². The minimum absolute atomic E-state index is 0.209. The number of carbonyl (C=O) groups excluding carboxylic acids is 2. The van der Waals surface area contributed by atoms with Gasteiger partial charge in [-0.25, -0.2) is 4.79 Å². The quantitative estimate of drug-likeness (QED) is 0.327. The molecule has 136 valence electrons. The highest BCUT2D eigenvalue weighted by Gasteiger charge is 2.36. The Morgan fingerprint density at radius 3 is 2.30 bits per heavy atom. The van der Waals surface area contributed by atoms with Crippen LogP contribution in [0.4, 0.5) is 0 Å². The molecule has 0 aromatic heterocycles. The van der Waals surface area contributed by atoms with Crippen molar-refractivity contribution in [1.29, 1.82) is 0 Å². The maximum Gasteiger partial charge on any atom is 0.335 e. The summed E-state index contributed by atoms with van der Waals surface area (Å²) in [6.45, 7) is 7.51. The number of esters is 1. The topological polar surface area (TPSA) is 119 Å². The Morgan fingerprint density at radius 2 is 1.83 bits per heavy atom. The summed E-state index contributed by atoms with van der Waals surface area (Å²) >= 11 is 0. The molecule has 0 saturated carbocycles. The molecule has 0 unspecified atom stereocenters. The Kier molecular flexibility index (Phi) is 8.71. The summed E-state index contributed by atoms with van der Waals surface area (Å²) < 4.78 is 33.3. The van der Waals surface area contributed by atoms with E-state index in [1.165, 1.54) is 20.8 Å². The van der Waals surface area contributed by atoms with Crippen LogP contribution >= 0.6 is 0 Å². The van der Waals surface area contributed by atoms with E-state index >= 15 is 0 Å². The number of amides is 1. The standard InChI is InChI=1S/C14H27NO7S/c1-10(2)22-13(18)12(17)14(4,5)9-21-23(19,20)8-6-7-15-11(3)16/h10,12,17H,6-9H2,1-5H3,(H,15,16)/t12-/m0/s1. The highest BCUT2D eigenvalue weighted by Crippen LogP contribution is 2.23. The zero-order valence-corrected chi connectivity index (χ0v) is 15.1. The zero-order valence-electron chi connectivity index (χ0n) is 14.3. The third-order valence-electron chi connectivity index (χ3n) is 2.87. The maximum atomic E-state index is 11.8. The summed E-state index contributed by atoms with van der Waals surface area (Å²) in [6.07, 6.45) is -1.67. The summed E-state index contributed by atoms with van der Waals surface area (Å²) in [5.74, 6) is -1.33. The van der Waals surface area contributed by atoms with Gasteiger partial charge in [-0.1, -0.05) is 13.8 Å². The third kappa shape index (κ3) is 9.52. The van der Waals surface area contributed by atoms with Gasteiger partial charge in [0.2, 0.25) is 5.91 Å². The molecule has 0 aromatic rings. The Bertz CT molecular complexity index is 499. The van der Waals surface area contributed by atoms with E-state index in [0.717, 1.165) is 0 Å². The monoisotopic (exact) mass is 353 g/mol. The number of aliphatic hydroxyl groups excluding tert-OH is 1. The van der Waals surface area contributed by atoms with Crippen LogP contribution < -0.4 is 5.32 Å². The normalized spacial score (nSPS) is 13.7. The lowest BCUT2D eigenvalue weighted by atomic mass is 9.87. The highest BCUT2D eigenvalue weighted by atomic mass is 32.2. The van der Waals surface area contributed by atoms with Crippen LogP contribution in [0.2, 0.25) is 0 Å². The summed E-state index contributed by atoms with van der Waals surface area (Å²) in [5.41, 5.74) is -1.13. The lowest BCUT2D eigenvalue weighted by Crippen LogP contribution is -2.42. The molecule has 0 radical (unpaired) electrons. The van der Waals surface area contributed by atoms with Crippen LogP contribution in [0.25, 0.3) is 0 Å². The minimum atomic E-state index is -3.81. The molecule has 0 aromatic carbocycles. The Labute approximate surface area is 137 Å². The molecule has 0 heterocycles. The number of hydrogen-bond acceptors (Lipinski definition) is 7. The number of carbonyl (C=O) groups is 2. The van der Waals surface area contributed by atoms with Gasteiger partial charge < -0.3 is 15.2 Å². The summed E-state index contributed by atoms with van der Waals surface area (Å²) in [6, 6.07) is 0. The maximum absolute atomic E-state index is 11.8. The van der Waals surface area contributed by atoms with Crippen LogP contribution in [0.5, 0.6) is 0 Å². The molecule has 2 N–H and O–H groups in total. The summed E-state index contributed by atoms with van der Waals surface area (Å²) in [4.78, 5) is 22.4. The molecule has 0 aliphatic rings. The fourth-order valence-corrected chi connectivity index (χ4v) is 2.61. The van der Waals surface area contributed by atoms with Gasteiger partial charge in [-0.05, 0) is 20.3 Å². The number of hydrogen-bond donors (Lipinski definition) is 2. The predicted octanol–water partition coefficient (Wildman–Crippen LogP) is 0.198. The van der Waals surface area contributed by atoms with Crippen LogP contribution in [0.1, 0.15) is 41.0 Å². The van der Waals surface area contributed by atoms with E-state index in [4.69, 9.17) is 8.92 Å². The van der Waals surface area contributed by atoms with Gasteiger partial charge in [0.05, 0.1) is 18.5 Å². The Balaban J connectivity index is 4.44. The van der Waals surface area contributed by atoms with Gasteiger partial charge in [-0.3, -0.25) is 8.98 Å². The fraction of sp³-hybridized carbons (Fsp3) is 0.857. The van der Waals surface area contributed by atoms with Crippen molar-refractivity contribution >= 4 is 22.0 Å². The van der Waals surface area contributed by atoms with Gasteiger partial charge in [0.1, 0.15) is 0 Å². The first kappa shape index (κ1) is 21.8. The van der Waals surface area contributed by atoms with Crippen molar-refractivity contribution in [2.75, 3.05) is 18.9 Å². The lowest BCUT2D eigenvalue weighted by molar-refractivity contribution is -0.165. The number of ether oxygens (including phenoxy) is 1. The van der Waals surface area contributed by atoms with Gasteiger partial charge in [0.25, 0.3) is 10.1 Å². The second-order valence-electron chi connectivity index (χ2n) is 6.24. The molecule has 1 amide bonds. The van der Waals surface area contributed by atoms with Crippen molar-refractivity contribution in [3.05, 3.63) is 0 Å². The van der Waals surface area contributed by atoms with Crippen molar-refractivity contribution in [1.82, 2.24) is 5.32 Å². The first-order valence-electron chi connectivity index (χ1n) is 7.37. The molecule has 8 nitrogen and oxygen atoms in total. The van der Waals surface area contributed by atoms with E-state index < -0.39 is 27.6 Å². The third-order valence-corrected chi connectivity index (χ3v) is 4.14. The summed E-state index contributed by atoms with van der Waals surface area (Å²) in [5, 5.41) is 12.5. The number of nitrogens with one attached hydrogen (secondary N) is 1. The molecule has 0 spiro atoms. The first-order chi connectivity index (χ1) is 10.4. The highest BCUT2D eigenvalue weighted by molar-refractivity contribution is 7.86. The smallest absolute Gasteiger partial charge is 0.335 e. The van der Waals surface area contributed by atoms with Crippen LogP contribution in [0.3, 0.4) is 0 Å². The Morgan fingerprint density at radius 1 is 1.26 bits per heavy atom. The van der Waals surface area contributed by atoms with Gasteiger partial charge in [-0.2, -0.15) is 8.42 Å². The fourth-order valence-electron chi connectivity index (χ4n) is 1.51. The van der Waals surface area contributed by atoms with E-state index in [1.807, 2.05) is 0 Å². The average molecular weight is 353 g/mol. The average Bonchev–Trinajstić information content (AvgIpc) is 2.40. The molecule has 0 bridgehead atoms. The second-order valence-corrected chi connectivity index (χ2v) is 8.00. The van der Waals surface area contributed by atoms with Crippen molar-refractivity contribution in [2.45, 2.75) is 53.2 Å². The Hall–Kier alpha value is -1.19. The molecule has 1 atom stereocenters. The van der Waals surface area contributed by atoms with Gasteiger partial charge in [-0.15, -0.1) is 0 Å². The number of rotatable bonds is 10. The predicted molar refractivity (Wildman–Crippen MR) is 84.1 cm³/mol. The zero-order chi connectivity index (χ0) is 18.3. The SMILES string of the molecule is CC(=O)NCCCS(=O)(=O)OCC(C)(C)[C@@H](O)C(=O)OC(C)C. The molecule has 0 saturated heterocycles. The van der Waals surface area contributed by atoms with Crippen LogP contribution in [0, 0.1) is 5.41 Å². The van der Waals surface area contributed by atoms with E-state index in [-0.39, 0.29) is 37.3 Å². The largest absolute Gasteiger partial charge is 0.461 e. The van der Waals surface area contributed by atoms with Crippen LogP contribution in [-0.2, 0) is 28.6 Å². The summed E-state index contributed by atoms with van der Waals surface area (Å²) in [7, 11) is -3.81. The molecular weight excluding hydrogens is 326 g/mol.